The molecule has 4 aromatic rings. The lowest BCUT2D eigenvalue weighted by molar-refractivity contribution is -0.137. The molecule has 152 valence electrons. The predicted molar refractivity (Wildman–Crippen MR) is 114 cm³/mol. The van der Waals surface area contributed by atoms with Crippen molar-refractivity contribution in [2.45, 2.75) is 12.7 Å². The highest BCUT2D eigenvalue weighted by atomic mass is 79.9. The summed E-state index contributed by atoms with van der Waals surface area (Å²) in [5.41, 5.74) is 3.77. The maximum absolute atomic E-state index is 13.1. The summed E-state index contributed by atoms with van der Waals surface area (Å²) in [6, 6.07) is 19.0. The molecule has 0 unspecified atom stereocenters. The molecule has 0 spiro atoms. The van der Waals surface area contributed by atoms with E-state index in [2.05, 4.69) is 26.3 Å². The average Bonchev–Trinajstić information content (AvgIpc) is 2.74. The summed E-state index contributed by atoms with van der Waals surface area (Å²) in [6.07, 6.45) is -4.44. The summed E-state index contributed by atoms with van der Waals surface area (Å²) in [5, 5.41) is 0.413. The Morgan fingerprint density at radius 1 is 0.933 bits per heavy atom. The van der Waals surface area contributed by atoms with E-state index in [1.807, 2.05) is 24.3 Å². The molecular formula is C22H15BrF3N3O. The number of nitrogens with zero attached hydrogens (tertiary/aromatic N) is 2. The molecular weight excluding hydrogens is 459 g/mol. The third kappa shape index (κ3) is 4.09. The molecule has 0 saturated heterocycles. The Morgan fingerprint density at radius 3 is 2.27 bits per heavy atom. The summed E-state index contributed by atoms with van der Waals surface area (Å²) in [6.45, 7) is 0.334. The predicted octanol–water partition coefficient (Wildman–Crippen LogP) is 5.59. The number of fused-ring (bicyclic) bond motifs is 1. The molecule has 0 radical (unpaired) electrons. The molecule has 0 aliphatic carbocycles. The van der Waals surface area contributed by atoms with Crippen LogP contribution < -0.4 is 11.0 Å². The monoisotopic (exact) mass is 473 g/mol. The second kappa shape index (κ2) is 7.95. The number of para-hydroxylation sites is 1. The topological polar surface area (TPSA) is 46.9 Å². The summed E-state index contributed by atoms with van der Waals surface area (Å²) in [5.74, 6) is 0.240. The van der Waals surface area contributed by atoms with Gasteiger partial charge in [0.1, 0.15) is 0 Å². The van der Waals surface area contributed by atoms with E-state index < -0.39 is 11.7 Å². The average molecular weight is 474 g/mol. The minimum Gasteiger partial charge on any atom is -0.317 e. The first kappa shape index (κ1) is 20.2. The van der Waals surface area contributed by atoms with Crippen LogP contribution in [0.2, 0.25) is 0 Å². The fourth-order valence-corrected chi connectivity index (χ4v) is 3.32. The van der Waals surface area contributed by atoms with Crippen molar-refractivity contribution in [1.82, 2.24) is 9.66 Å². The van der Waals surface area contributed by atoms with Gasteiger partial charge in [-0.25, -0.2) is 9.66 Å². The van der Waals surface area contributed by atoms with Gasteiger partial charge in [-0.05, 0) is 42.0 Å². The zero-order valence-electron chi connectivity index (χ0n) is 15.4. The molecule has 0 atom stereocenters. The first-order valence-electron chi connectivity index (χ1n) is 9.01. The smallest absolute Gasteiger partial charge is 0.317 e. The number of rotatable bonds is 4. The van der Waals surface area contributed by atoms with Crippen molar-refractivity contribution in [3.8, 4) is 11.4 Å². The number of hydrogen-bond acceptors (Lipinski definition) is 3. The van der Waals surface area contributed by atoms with Gasteiger partial charge < -0.3 is 5.43 Å². The van der Waals surface area contributed by atoms with E-state index in [4.69, 9.17) is 0 Å². The molecule has 1 N–H and O–H groups in total. The molecule has 4 nitrogen and oxygen atoms in total. The second-order valence-corrected chi connectivity index (χ2v) is 7.55. The molecule has 4 rings (SSSR count). The van der Waals surface area contributed by atoms with Crippen LogP contribution >= 0.6 is 15.9 Å². The van der Waals surface area contributed by atoms with Crippen LogP contribution in [-0.4, -0.2) is 9.66 Å². The van der Waals surface area contributed by atoms with E-state index >= 15 is 0 Å². The maximum atomic E-state index is 13.1. The lowest BCUT2D eigenvalue weighted by Crippen LogP contribution is -2.31. The van der Waals surface area contributed by atoms with Crippen LogP contribution in [0.15, 0.2) is 82.1 Å². The van der Waals surface area contributed by atoms with Crippen LogP contribution in [0.4, 0.5) is 13.2 Å². The van der Waals surface area contributed by atoms with Crippen LogP contribution in [0.1, 0.15) is 11.1 Å². The van der Waals surface area contributed by atoms with Crippen molar-refractivity contribution in [2.24, 2.45) is 0 Å². The van der Waals surface area contributed by atoms with Crippen molar-refractivity contribution >= 4 is 26.8 Å². The number of alkyl halides is 3. The number of benzene rings is 3. The maximum Gasteiger partial charge on any atom is 0.416 e. The van der Waals surface area contributed by atoms with Crippen molar-refractivity contribution in [3.05, 3.63) is 98.7 Å². The van der Waals surface area contributed by atoms with Crippen LogP contribution in [-0.2, 0) is 12.7 Å². The van der Waals surface area contributed by atoms with Crippen molar-refractivity contribution in [3.63, 3.8) is 0 Å². The molecule has 0 saturated carbocycles. The van der Waals surface area contributed by atoms with Gasteiger partial charge in [0.15, 0.2) is 5.82 Å². The standard InChI is InChI=1S/C22H15BrF3N3O/c23-17-11-5-14(6-12-17)13-27-29-20(15-7-9-16(10-8-15)22(24,25)26)28-19-4-2-1-3-18(19)21(29)30/h1-12,27H,13H2. The molecule has 8 heteroatoms. The number of hydrogen-bond donors (Lipinski definition) is 1. The number of halogens is 4. The van der Waals surface area contributed by atoms with E-state index in [9.17, 15) is 18.0 Å². The highest BCUT2D eigenvalue weighted by Gasteiger charge is 2.30. The van der Waals surface area contributed by atoms with Crippen molar-refractivity contribution in [2.75, 3.05) is 5.43 Å². The molecule has 0 aliphatic heterocycles. The lowest BCUT2D eigenvalue weighted by Gasteiger charge is -2.16. The van der Waals surface area contributed by atoms with E-state index in [-0.39, 0.29) is 11.4 Å². The fraction of sp³-hybridized carbons (Fsp3) is 0.0909. The molecule has 1 heterocycles. The summed E-state index contributed by atoms with van der Waals surface area (Å²) >= 11 is 3.38. The van der Waals surface area contributed by atoms with Crippen LogP contribution in [0.5, 0.6) is 0 Å². The molecule has 0 aliphatic rings. The van der Waals surface area contributed by atoms with Gasteiger partial charge in [0.2, 0.25) is 0 Å². The van der Waals surface area contributed by atoms with Gasteiger partial charge in [0.25, 0.3) is 5.56 Å². The Hall–Kier alpha value is -3.13. The zero-order valence-corrected chi connectivity index (χ0v) is 17.0. The van der Waals surface area contributed by atoms with Crippen LogP contribution in [0.25, 0.3) is 22.3 Å². The summed E-state index contributed by atoms with van der Waals surface area (Å²) in [4.78, 5) is 17.6. The summed E-state index contributed by atoms with van der Waals surface area (Å²) < 4.78 is 41.0. The molecule has 0 amide bonds. The van der Waals surface area contributed by atoms with Crippen molar-refractivity contribution in [1.29, 1.82) is 0 Å². The second-order valence-electron chi connectivity index (χ2n) is 6.63. The first-order chi connectivity index (χ1) is 14.3. The highest BCUT2D eigenvalue weighted by molar-refractivity contribution is 9.10. The normalized spacial score (nSPS) is 11.6. The van der Waals surface area contributed by atoms with E-state index in [0.717, 1.165) is 22.2 Å². The number of aromatic nitrogens is 2. The molecule has 0 fully saturated rings. The Bertz CT molecular complexity index is 1250. The van der Waals surface area contributed by atoms with Crippen molar-refractivity contribution < 1.29 is 13.2 Å². The van der Waals surface area contributed by atoms with Gasteiger partial charge in [-0.2, -0.15) is 13.2 Å². The molecule has 1 aromatic heterocycles. The van der Waals surface area contributed by atoms with Crippen LogP contribution in [0.3, 0.4) is 0 Å². The Labute approximate surface area is 178 Å². The van der Waals surface area contributed by atoms with E-state index in [1.165, 1.54) is 16.8 Å². The zero-order chi connectivity index (χ0) is 21.3. The Morgan fingerprint density at radius 2 is 1.60 bits per heavy atom. The Kier molecular flexibility index (Phi) is 5.34. The first-order valence-corrected chi connectivity index (χ1v) is 9.80. The van der Waals surface area contributed by atoms with Gasteiger partial charge >= 0.3 is 6.18 Å². The van der Waals surface area contributed by atoms with Gasteiger partial charge in [0.05, 0.1) is 23.0 Å². The minimum atomic E-state index is -4.44. The Balaban J connectivity index is 1.80. The summed E-state index contributed by atoms with van der Waals surface area (Å²) in [7, 11) is 0. The third-order valence-electron chi connectivity index (χ3n) is 4.60. The van der Waals surface area contributed by atoms with Gasteiger partial charge in [-0.1, -0.05) is 52.3 Å². The minimum absolute atomic E-state index is 0.240. The largest absolute Gasteiger partial charge is 0.416 e. The van der Waals surface area contributed by atoms with Gasteiger partial charge in [0, 0.05) is 10.0 Å². The quantitative estimate of drug-likeness (QED) is 0.420. The molecule has 0 bridgehead atoms. The van der Waals surface area contributed by atoms with Crippen LogP contribution in [0, 0.1) is 0 Å². The highest BCUT2D eigenvalue weighted by Crippen LogP contribution is 2.30. The molecule has 3 aromatic carbocycles. The number of nitrogens with one attached hydrogen (secondary N) is 1. The van der Waals surface area contributed by atoms with E-state index in [1.54, 1.807) is 24.3 Å². The SMILES string of the molecule is O=c1c2ccccc2nc(-c2ccc(C(F)(F)F)cc2)n1NCc1ccc(Br)cc1. The molecule has 30 heavy (non-hydrogen) atoms. The van der Waals surface area contributed by atoms with Gasteiger partial charge in [-0.15, -0.1) is 0 Å². The fourth-order valence-electron chi connectivity index (χ4n) is 3.05. The lowest BCUT2D eigenvalue weighted by atomic mass is 10.1. The third-order valence-corrected chi connectivity index (χ3v) is 5.13. The van der Waals surface area contributed by atoms with E-state index in [0.29, 0.717) is 23.0 Å². The van der Waals surface area contributed by atoms with Gasteiger partial charge in [-0.3, -0.25) is 4.79 Å².